The predicted molar refractivity (Wildman–Crippen MR) is 175 cm³/mol. The first-order chi connectivity index (χ1) is 20.8. The lowest BCUT2D eigenvalue weighted by atomic mass is 9.85. The Bertz CT molecular complexity index is 2380. The fraction of sp³-hybridized carbons (Fsp3) is 0. The van der Waals surface area contributed by atoms with Gasteiger partial charge in [0.05, 0.1) is 6.26 Å². The van der Waals surface area contributed by atoms with Crippen molar-refractivity contribution >= 4 is 54.5 Å². The molecule has 2 aromatic heterocycles. The van der Waals surface area contributed by atoms with E-state index in [9.17, 15) is 0 Å². The van der Waals surface area contributed by atoms with Crippen molar-refractivity contribution in [1.29, 1.82) is 0 Å². The molecule has 0 atom stereocenters. The van der Waals surface area contributed by atoms with Crippen LogP contribution in [0.4, 0.5) is 0 Å². The van der Waals surface area contributed by atoms with Crippen LogP contribution >= 0.6 is 0 Å². The third kappa shape index (κ3) is 3.39. The van der Waals surface area contributed by atoms with Crippen LogP contribution in [0, 0.1) is 0 Å². The number of fused-ring (bicyclic) bond motifs is 6. The Hall–Kier alpha value is -5.60. The Balaban J connectivity index is 1.33. The SMILES string of the molecule is c1ccc(-c2ccc(-c3c4ccccc4c(-c4cccc5c4oc4cc6occc6cc45)c4ccccc34)cc2)cc1. The highest BCUT2D eigenvalue weighted by Crippen LogP contribution is 2.46. The summed E-state index contributed by atoms with van der Waals surface area (Å²) in [5.74, 6) is 0. The van der Waals surface area contributed by atoms with Crippen molar-refractivity contribution < 1.29 is 8.83 Å². The van der Waals surface area contributed by atoms with Crippen molar-refractivity contribution in [3.05, 3.63) is 146 Å². The van der Waals surface area contributed by atoms with Gasteiger partial charge in [-0.15, -0.1) is 0 Å². The minimum absolute atomic E-state index is 0.835. The molecule has 42 heavy (non-hydrogen) atoms. The average molecular weight is 537 g/mol. The maximum absolute atomic E-state index is 6.62. The maximum atomic E-state index is 6.62. The molecule has 2 heteroatoms. The van der Waals surface area contributed by atoms with E-state index in [0.29, 0.717) is 0 Å². The van der Waals surface area contributed by atoms with Crippen LogP contribution in [0.2, 0.25) is 0 Å². The highest BCUT2D eigenvalue weighted by atomic mass is 16.3. The van der Waals surface area contributed by atoms with Gasteiger partial charge in [-0.25, -0.2) is 0 Å². The van der Waals surface area contributed by atoms with Gasteiger partial charge in [-0.1, -0.05) is 121 Å². The van der Waals surface area contributed by atoms with Gasteiger partial charge >= 0.3 is 0 Å². The van der Waals surface area contributed by atoms with Crippen molar-refractivity contribution in [2.24, 2.45) is 0 Å². The molecule has 7 aromatic carbocycles. The summed E-state index contributed by atoms with van der Waals surface area (Å²) in [5, 5.41) is 8.16. The molecular weight excluding hydrogens is 512 g/mol. The van der Waals surface area contributed by atoms with E-state index in [2.05, 4.69) is 127 Å². The highest BCUT2D eigenvalue weighted by molar-refractivity contribution is 6.24. The van der Waals surface area contributed by atoms with Gasteiger partial charge in [0.2, 0.25) is 0 Å². The molecule has 0 aliphatic heterocycles. The molecule has 9 aromatic rings. The Labute approximate surface area is 242 Å². The standard InChI is InChI=1S/C40H24O2/c1-2-9-25(10-3-1)26-17-19-27(20-18-26)38-29-11-4-6-13-31(29)39(32-14-7-5-12-30(32)38)34-16-8-15-33-35-23-28-21-22-41-36(28)24-37(35)42-40(33)34/h1-24H. The van der Waals surface area contributed by atoms with Crippen LogP contribution in [0.25, 0.3) is 87.8 Å². The topological polar surface area (TPSA) is 26.3 Å². The molecule has 0 aliphatic carbocycles. The zero-order valence-electron chi connectivity index (χ0n) is 22.7. The molecule has 0 saturated carbocycles. The van der Waals surface area contributed by atoms with Crippen molar-refractivity contribution in [3.63, 3.8) is 0 Å². The lowest BCUT2D eigenvalue weighted by Gasteiger charge is -2.18. The molecule has 9 rings (SSSR count). The molecular formula is C40H24O2. The quantitative estimate of drug-likeness (QED) is 0.210. The molecule has 0 fully saturated rings. The second-order valence-corrected chi connectivity index (χ2v) is 10.9. The molecule has 0 amide bonds. The Morgan fingerprint density at radius 1 is 0.381 bits per heavy atom. The smallest absolute Gasteiger partial charge is 0.143 e. The predicted octanol–water partition coefficient (Wildman–Crippen LogP) is 11.6. The van der Waals surface area contributed by atoms with E-state index in [4.69, 9.17) is 8.83 Å². The molecule has 0 radical (unpaired) electrons. The van der Waals surface area contributed by atoms with Crippen LogP contribution < -0.4 is 0 Å². The maximum Gasteiger partial charge on any atom is 0.143 e. The van der Waals surface area contributed by atoms with Crippen LogP contribution in [0.3, 0.4) is 0 Å². The molecule has 0 aliphatic rings. The fourth-order valence-electron chi connectivity index (χ4n) is 6.64. The summed E-state index contributed by atoms with van der Waals surface area (Å²) in [4.78, 5) is 0. The largest absolute Gasteiger partial charge is 0.464 e. The minimum Gasteiger partial charge on any atom is -0.464 e. The number of benzene rings is 7. The number of hydrogen-bond donors (Lipinski definition) is 0. The molecule has 0 N–H and O–H groups in total. The summed E-state index contributed by atoms with van der Waals surface area (Å²) in [5.41, 5.74) is 9.76. The van der Waals surface area contributed by atoms with E-state index in [1.807, 2.05) is 12.1 Å². The van der Waals surface area contributed by atoms with Crippen LogP contribution in [-0.4, -0.2) is 0 Å². The molecule has 2 nitrogen and oxygen atoms in total. The summed E-state index contributed by atoms with van der Waals surface area (Å²) in [6.07, 6.45) is 1.73. The Kier molecular flexibility index (Phi) is 4.93. The van der Waals surface area contributed by atoms with Crippen LogP contribution in [0.5, 0.6) is 0 Å². The van der Waals surface area contributed by atoms with Crippen molar-refractivity contribution in [2.75, 3.05) is 0 Å². The number of furan rings is 2. The highest BCUT2D eigenvalue weighted by Gasteiger charge is 2.20. The Morgan fingerprint density at radius 2 is 0.976 bits per heavy atom. The summed E-state index contributed by atoms with van der Waals surface area (Å²) < 4.78 is 12.3. The van der Waals surface area contributed by atoms with E-state index in [0.717, 1.165) is 38.5 Å². The van der Waals surface area contributed by atoms with Gasteiger partial charge in [-0.05, 0) is 55.9 Å². The first kappa shape index (κ1) is 23.1. The second-order valence-electron chi connectivity index (χ2n) is 10.9. The summed E-state index contributed by atoms with van der Waals surface area (Å²) >= 11 is 0. The van der Waals surface area contributed by atoms with Crippen LogP contribution in [-0.2, 0) is 0 Å². The monoisotopic (exact) mass is 536 g/mol. The van der Waals surface area contributed by atoms with E-state index in [1.54, 1.807) is 6.26 Å². The summed E-state index contributed by atoms with van der Waals surface area (Å²) in [7, 11) is 0. The van der Waals surface area contributed by atoms with Gasteiger partial charge < -0.3 is 8.83 Å². The summed E-state index contributed by atoms with van der Waals surface area (Å²) in [6, 6.07) is 49.7. The summed E-state index contributed by atoms with van der Waals surface area (Å²) in [6.45, 7) is 0. The average Bonchev–Trinajstić information content (AvgIpc) is 3.67. The number of para-hydroxylation sites is 1. The molecule has 0 bridgehead atoms. The lowest BCUT2D eigenvalue weighted by Crippen LogP contribution is -1.91. The Morgan fingerprint density at radius 3 is 1.69 bits per heavy atom. The number of hydrogen-bond acceptors (Lipinski definition) is 2. The van der Waals surface area contributed by atoms with E-state index >= 15 is 0 Å². The molecule has 0 unspecified atom stereocenters. The van der Waals surface area contributed by atoms with E-state index < -0.39 is 0 Å². The van der Waals surface area contributed by atoms with Gasteiger partial charge in [0.15, 0.2) is 0 Å². The second kappa shape index (κ2) is 8.95. The van der Waals surface area contributed by atoms with Crippen molar-refractivity contribution in [3.8, 4) is 33.4 Å². The third-order valence-corrected chi connectivity index (χ3v) is 8.55. The first-order valence-electron chi connectivity index (χ1n) is 14.3. The molecule has 0 spiro atoms. The zero-order valence-corrected chi connectivity index (χ0v) is 22.7. The van der Waals surface area contributed by atoms with Crippen LogP contribution in [0.15, 0.2) is 155 Å². The zero-order chi connectivity index (χ0) is 27.6. The fourth-order valence-corrected chi connectivity index (χ4v) is 6.64. The molecule has 0 saturated heterocycles. The molecule has 196 valence electrons. The lowest BCUT2D eigenvalue weighted by molar-refractivity contribution is 0.613. The number of rotatable bonds is 3. The van der Waals surface area contributed by atoms with Crippen molar-refractivity contribution in [2.45, 2.75) is 0 Å². The van der Waals surface area contributed by atoms with Gasteiger partial charge in [-0.2, -0.15) is 0 Å². The van der Waals surface area contributed by atoms with E-state index in [1.165, 1.54) is 49.4 Å². The van der Waals surface area contributed by atoms with Crippen molar-refractivity contribution in [1.82, 2.24) is 0 Å². The minimum atomic E-state index is 0.835. The van der Waals surface area contributed by atoms with Gasteiger partial charge in [0.1, 0.15) is 16.7 Å². The molecule has 2 heterocycles. The first-order valence-corrected chi connectivity index (χ1v) is 14.3. The van der Waals surface area contributed by atoms with E-state index in [-0.39, 0.29) is 0 Å². The normalized spacial score (nSPS) is 11.8. The third-order valence-electron chi connectivity index (χ3n) is 8.55. The van der Waals surface area contributed by atoms with Gasteiger partial charge in [0, 0.05) is 33.4 Å². The van der Waals surface area contributed by atoms with Gasteiger partial charge in [-0.3, -0.25) is 0 Å². The van der Waals surface area contributed by atoms with Crippen LogP contribution in [0.1, 0.15) is 0 Å². The van der Waals surface area contributed by atoms with Gasteiger partial charge in [0.25, 0.3) is 0 Å².